The fourth-order valence-electron chi connectivity index (χ4n) is 0.427. The SMILES string of the molecule is CC1=C(S)C=NN(F)N1. The zero-order chi connectivity index (χ0) is 6.85. The van der Waals surface area contributed by atoms with Crippen molar-refractivity contribution in [1.29, 1.82) is 0 Å². The molecule has 1 heterocycles. The molecule has 0 aromatic heterocycles. The second kappa shape index (κ2) is 2.26. The fourth-order valence-corrected chi connectivity index (χ4v) is 0.528. The number of hydrazine groups is 1. The largest absolute Gasteiger partial charge is 0.257 e. The standard InChI is InChI=1S/C4H6FN3S/c1-3-4(9)2-6-8(5)7-3/h2,7,9H,1H3. The third-order valence-corrected chi connectivity index (χ3v) is 1.38. The molecule has 0 saturated carbocycles. The number of thiol groups is 1. The van der Waals surface area contributed by atoms with E-state index in [4.69, 9.17) is 0 Å². The van der Waals surface area contributed by atoms with Crippen molar-refractivity contribution in [2.45, 2.75) is 6.92 Å². The highest BCUT2D eigenvalue weighted by Gasteiger charge is 2.04. The summed E-state index contributed by atoms with van der Waals surface area (Å²) < 4.78 is 12.1. The van der Waals surface area contributed by atoms with Crippen molar-refractivity contribution in [1.82, 2.24) is 10.8 Å². The highest BCUT2D eigenvalue weighted by molar-refractivity contribution is 7.85. The van der Waals surface area contributed by atoms with Crippen molar-refractivity contribution >= 4 is 18.8 Å². The smallest absolute Gasteiger partial charge is 0.0670 e. The molecule has 0 aromatic carbocycles. The highest BCUT2D eigenvalue weighted by atomic mass is 32.1. The summed E-state index contributed by atoms with van der Waals surface area (Å²) in [4.78, 5) is 0.643. The van der Waals surface area contributed by atoms with E-state index < -0.39 is 0 Å². The van der Waals surface area contributed by atoms with Gasteiger partial charge < -0.3 is 0 Å². The number of hydrogen-bond acceptors (Lipinski definition) is 4. The van der Waals surface area contributed by atoms with Crippen LogP contribution in [0.3, 0.4) is 0 Å². The van der Waals surface area contributed by atoms with Crippen molar-refractivity contribution < 1.29 is 4.48 Å². The Morgan fingerprint density at radius 1 is 1.89 bits per heavy atom. The van der Waals surface area contributed by atoms with E-state index in [1.807, 2.05) is 0 Å². The average Bonchev–Trinajstić information content (AvgIpc) is 1.80. The Morgan fingerprint density at radius 3 is 3.00 bits per heavy atom. The van der Waals surface area contributed by atoms with Crippen LogP contribution in [0.25, 0.3) is 0 Å². The van der Waals surface area contributed by atoms with Gasteiger partial charge in [-0.3, -0.25) is 5.43 Å². The molecule has 0 amide bonds. The predicted octanol–water partition coefficient (Wildman–Crippen LogP) is 0.838. The van der Waals surface area contributed by atoms with Crippen LogP contribution in [-0.4, -0.2) is 11.6 Å². The van der Waals surface area contributed by atoms with Crippen LogP contribution in [0, 0.1) is 0 Å². The van der Waals surface area contributed by atoms with Crippen molar-refractivity contribution in [3.8, 4) is 0 Å². The van der Waals surface area contributed by atoms with Gasteiger partial charge in [-0.25, -0.2) is 0 Å². The molecule has 1 N–H and O–H groups in total. The van der Waals surface area contributed by atoms with Gasteiger partial charge in [-0.15, -0.1) is 17.7 Å². The van der Waals surface area contributed by atoms with Gasteiger partial charge in [0, 0.05) is 10.6 Å². The summed E-state index contributed by atoms with van der Waals surface area (Å²) in [6, 6.07) is 0. The third kappa shape index (κ3) is 1.35. The maximum atomic E-state index is 12.1. The number of nitrogens with one attached hydrogen (secondary N) is 1. The van der Waals surface area contributed by atoms with Crippen LogP contribution in [0.2, 0.25) is 0 Å². The molecule has 0 fully saturated rings. The van der Waals surface area contributed by atoms with Crippen LogP contribution in [0.4, 0.5) is 4.48 Å². The summed E-state index contributed by atoms with van der Waals surface area (Å²) in [5.74, 6) is 0. The molecule has 0 radical (unpaired) electrons. The van der Waals surface area contributed by atoms with Gasteiger partial charge in [-0.05, 0) is 12.3 Å². The van der Waals surface area contributed by atoms with Gasteiger partial charge in [0.2, 0.25) is 0 Å². The quantitative estimate of drug-likeness (QED) is 0.392. The van der Waals surface area contributed by atoms with E-state index in [2.05, 4.69) is 23.2 Å². The zero-order valence-electron chi connectivity index (χ0n) is 4.80. The van der Waals surface area contributed by atoms with E-state index in [-0.39, 0.29) is 5.34 Å². The molecule has 5 heteroatoms. The molecular formula is C4H6FN3S. The van der Waals surface area contributed by atoms with Gasteiger partial charge in [0.05, 0.1) is 6.21 Å². The van der Waals surface area contributed by atoms with E-state index in [0.717, 1.165) is 0 Å². The van der Waals surface area contributed by atoms with Gasteiger partial charge in [-0.2, -0.15) is 0 Å². The summed E-state index contributed by atoms with van der Waals surface area (Å²) in [6.07, 6.45) is 1.33. The summed E-state index contributed by atoms with van der Waals surface area (Å²) in [5.41, 5.74) is 2.95. The Morgan fingerprint density at radius 2 is 2.56 bits per heavy atom. The van der Waals surface area contributed by atoms with Crippen LogP contribution in [-0.2, 0) is 0 Å². The van der Waals surface area contributed by atoms with Gasteiger partial charge >= 0.3 is 0 Å². The third-order valence-electron chi connectivity index (χ3n) is 0.926. The first-order valence-electron chi connectivity index (χ1n) is 2.36. The van der Waals surface area contributed by atoms with Gasteiger partial charge in [0.1, 0.15) is 0 Å². The van der Waals surface area contributed by atoms with Crippen molar-refractivity contribution in [2.24, 2.45) is 5.10 Å². The molecule has 0 spiro atoms. The van der Waals surface area contributed by atoms with Crippen LogP contribution in [0.5, 0.6) is 0 Å². The minimum Gasteiger partial charge on any atom is -0.257 e. The van der Waals surface area contributed by atoms with E-state index >= 15 is 0 Å². The molecule has 0 aromatic rings. The number of hydrazone groups is 1. The normalized spacial score (nSPS) is 18.3. The molecule has 0 unspecified atom stereocenters. The molecule has 0 aliphatic carbocycles. The van der Waals surface area contributed by atoms with E-state index in [0.29, 0.717) is 10.6 Å². The zero-order valence-corrected chi connectivity index (χ0v) is 5.69. The van der Waals surface area contributed by atoms with E-state index in [1.54, 1.807) is 6.92 Å². The Kier molecular flexibility index (Phi) is 1.61. The van der Waals surface area contributed by atoms with E-state index in [9.17, 15) is 4.48 Å². The first kappa shape index (κ1) is 6.41. The molecule has 0 atom stereocenters. The molecule has 3 nitrogen and oxygen atoms in total. The number of hydrogen-bond donors (Lipinski definition) is 2. The van der Waals surface area contributed by atoms with Gasteiger partial charge in [0.15, 0.2) is 0 Å². The summed E-state index contributed by atoms with van der Waals surface area (Å²) >= 11 is 3.97. The lowest BCUT2D eigenvalue weighted by molar-refractivity contribution is -0.0180. The number of nitrogens with zero attached hydrogens (tertiary/aromatic N) is 2. The number of rotatable bonds is 0. The summed E-state index contributed by atoms with van der Waals surface area (Å²) in [5, 5.41) is 3.39. The van der Waals surface area contributed by atoms with Crippen LogP contribution in [0.1, 0.15) is 6.92 Å². The minimum atomic E-state index is 0.134. The highest BCUT2D eigenvalue weighted by Crippen LogP contribution is 2.08. The van der Waals surface area contributed by atoms with Crippen molar-refractivity contribution in [3.05, 3.63) is 10.6 Å². The Labute approximate surface area is 57.5 Å². The second-order valence-electron chi connectivity index (χ2n) is 1.63. The molecule has 1 aliphatic rings. The minimum absolute atomic E-state index is 0.134. The van der Waals surface area contributed by atoms with E-state index in [1.165, 1.54) is 6.21 Å². The molecular weight excluding hydrogens is 141 g/mol. The number of halogens is 1. The first-order chi connectivity index (χ1) is 4.20. The Hall–Kier alpha value is -0.710. The fraction of sp³-hybridized carbons (Fsp3) is 0.250. The lowest BCUT2D eigenvalue weighted by Gasteiger charge is -2.15. The van der Waals surface area contributed by atoms with Crippen molar-refractivity contribution in [2.75, 3.05) is 0 Å². The topological polar surface area (TPSA) is 27.6 Å². The monoisotopic (exact) mass is 147 g/mol. The lowest BCUT2D eigenvalue weighted by atomic mass is 10.4. The predicted molar refractivity (Wildman–Crippen MR) is 36.3 cm³/mol. The molecule has 1 aliphatic heterocycles. The second-order valence-corrected chi connectivity index (χ2v) is 2.11. The lowest BCUT2D eigenvalue weighted by Crippen LogP contribution is -2.28. The van der Waals surface area contributed by atoms with Gasteiger partial charge in [0.25, 0.3) is 0 Å². The number of allylic oxidation sites excluding steroid dienone is 2. The van der Waals surface area contributed by atoms with Crippen LogP contribution in [0.15, 0.2) is 15.7 Å². The maximum absolute atomic E-state index is 12.1. The van der Waals surface area contributed by atoms with Crippen LogP contribution < -0.4 is 5.43 Å². The van der Waals surface area contributed by atoms with Gasteiger partial charge in [-0.1, -0.05) is 4.48 Å². The molecule has 0 saturated heterocycles. The first-order valence-corrected chi connectivity index (χ1v) is 2.81. The summed E-state index contributed by atoms with van der Waals surface area (Å²) in [7, 11) is 0. The molecule has 1 rings (SSSR count). The molecule has 9 heavy (non-hydrogen) atoms. The molecule has 0 bridgehead atoms. The Balaban J connectivity index is 2.75. The maximum Gasteiger partial charge on any atom is 0.0670 e. The van der Waals surface area contributed by atoms with Crippen molar-refractivity contribution in [3.63, 3.8) is 0 Å². The molecule has 50 valence electrons. The average molecular weight is 147 g/mol. The van der Waals surface area contributed by atoms with Crippen LogP contribution >= 0.6 is 12.6 Å². The summed E-state index contributed by atoms with van der Waals surface area (Å²) in [6.45, 7) is 1.71. The Bertz CT molecular complexity index is 177.